The molecule has 2 aliphatic heterocycles. The van der Waals surface area contributed by atoms with E-state index in [9.17, 15) is 9.18 Å². The first-order valence-corrected chi connectivity index (χ1v) is 10.1. The second kappa shape index (κ2) is 8.41. The van der Waals surface area contributed by atoms with Gasteiger partial charge in [-0.1, -0.05) is 24.3 Å². The zero-order valence-corrected chi connectivity index (χ0v) is 16.7. The highest BCUT2D eigenvalue weighted by Crippen LogP contribution is 2.39. The van der Waals surface area contributed by atoms with Crippen molar-refractivity contribution in [3.63, 3.8) is 0 Å². The number of rotatable bonds is 5. The van der Waals surface area contributed by atoms with Gasteiger partial charge in [0.2, 0.25) is 0 Å². The summed E-state index contributed by atoms with van der Waals surface area (Å²) in [4.78, 5) is 15.1. The summed E-state index contributed by atoms with van der Waals surface area (Å²) in [5.41, 5.74) is 1.91. The first kappa shape index (κ1) is 19.7. The van der Waals surface area contributed by atoms with Crippen molar-refractivity contribution >= 4 is 6.03 Å². The van der Waals surface area contributed by atoms with Crippen LogP contribution in [0.5, 0.6) is 5.75 Å². The molecule has 0 radical (unpaired) electrons. The smallest absolute Gasteiger partial charge is 0.318 e. The van der Waals surface area contributed by atoms with Gasteiger partial charge >= 0.3 is 6.03 Å². The Morgan fingerprint density at radius 1 is 1.14 bits per heavy atom. The third kappa shape index (κ3) is 4.22. The van der Waals surface area contributed by atoms with Gasteiger partial charge in [0.25, 0.3) is 0 Å². The van der Waals surface area contributed by atoms with Crippen molar-refractivity contribution < 1.29 is 18.7 Å². The van der Waals surface area contributed by atoms with Gasteiger partial charge in [0, 0.05) is 19.8 Å². The summed E-state index contributed by atoms with van der Waals surface area (Å²) in [5, 5.41) is 3.22. The van der Waals surface area contributed by atoms with Gasteiger partial charge < -0.3 is 19.7 Å². The van der Waals surface area contributed by atoms with Gasteiger partial charge in [0.1, 0.15) is 11.6 Å². The summed E-state index contributed by atoms with van der Waals surface area (Å²) in [6.45, 7) is 2.19. The molecule has 29 heavy (non-hydrogen) atoms. The number of ether oxygens (including phenoxy) is 2. The number of urea groups is 1. The van der Waals surface area contributed by atoms with Crippen molar-refractivity contribution in [1.29, 1.82) is 0 Å². The van der Waals surface area contributed by atoms with Crippen LogP contribution in [0.4, 0.5) is 9.18 Å². The van der Waals surface area contributed by atoms with E-state index in [1.54, 1.807) is 19.2 Å². The van der Waals surface area contributed by atoms with Gasteiger partial charge in [-0.3, -0.25) is 0 Å². The molecule has 2 heterocycles. The molecule has 2 amide bonds. The van der Waals surface area contributed by atoms with E-state index in [0.717, 1.165) is 42.7 Å². The van der Waals surface area contributed by atoms with Gasteiger partial charge in [-0.25, -0.2) is 9.18 Å². The highest BCUT2D eigenvalue weighted by Gasteiger charge is 2.48. The van der Waals surface area contributed by atoms with E-state index >= 15 is 0 Å². The number of likely N-dealkylation sites (tertiary alicyclic amines) is 1. The summed E-state index contributed by atoms with van der Waals surface area (Å²) < 4.78 is 24.0. The Hall–Kier alpha value is -2.60. The van der Waals surface area contributed by atoms with Crippen molar-refractivity contribution in [3.8, 4) is 5.75 Å². The molecule has 2 fully saturated rings. The van der Waals surface area contributed by atoms with Crippen molar-refractivity contribution in [3.05, 3.63) is 65.5 Å². The minimum absolute atomic E-state index is 0.0407. The van der Waals surface area contributed by atoms with E-state index in [1.807, 2.05) is 29.2 Å². The molecule has 0 aromatic heterocycles. The van der Waals surface area contributed by atoms with Crippen LogP contribution in [-0.2, 0) is 11.2 Å². The standard InChI is InChI=1S/C23H27FN2O3/c1-28-20-8-4-18(5-9-20)21(16-17-2-6-19(24)7-3-17)25-22(27)26-13-10-23(26)11-14-29-15-12-23/h2-9,21H,10-16H2,1H3,(H,25,27). The van der Waals surface area contributed by atoms with Gasteiger partial charge in [-0.15, -0.1) is 0 Å². The van der Waals surface area contributed by atoms with Crippen LogP contribution in [0.15, 0.2) is 48.5 Å². The SMILES string of the molecule is COc1ccc(C(Cc2ccc(F)cc2)NC(=O)N2CCC23CCOCC3)cc1. The third-order valence-electron chi connectivity index (χ3n) is 6.21. The maximum absolute atomic E-state index is 13.3. The molecule has 0 bridgehead atoms. The summed E-state index contributed by atoms with van der Waals surface area (Å²) in [5.74, 6) is 0.505. The molecule has 0 saturated carbocycles. The quantitative estimate of drug-likeness (QED) is 0.826. The lowest BCUT2D eigenvalue weighted by Crippen LogP contribution is -2.66. The van der Waals surface area contributed by atoms with E-state index < -0.39 is 0 Å². The molecule has 1 unspecified atom stereocenters. The number of amides is 2. The number of carbonyl (C=O) groups is 1. The molecule has 0 aliphatic carbocycles. The molecule has 2 saturated heterocycles. The van der Waals surface area contributed by atoms with Crippen LogP contribution in [0.2, 0.25) is 0 Å². The number of hydrogen-bond donors (Lipinski definition) is 1. The third-order valence-corrected chi connectivity index (χ3v) is 6.21. The van der Waals surface area contributed by atoms with Crippen molar-refractivity contribution in [1.82, 2.24) is 10.2 Å². The number of nitrogens with one attached hydrogen (secondary N) is 1. The maximum atomic E-state index is 13.3. The first-order valence-electron chi connectivity index (χ1n) is 10.1. The lowest BCUT2D eigenvalue weighted by atomic mass is 9.78. The van der Waals surface area contributed by atoms with E-state index in [0.29, 0.717) is 19.6 Å². The molecule has 6 heteroatoms. The number of carbonyl (C=O) groups excluding carboxylic acids is 1. The lowest BCUT2D eigenvalue weighted by molar-refractivity contribution is -0.0633. The lowest BCUT2D eigenvalue weighted by Gasteiger charge is -2.54. The van der Waals surface area contributed by atoms with Crippen LogP contribution < -0.4 is 10.1 Å². The first-order chi connectivity index (χ1) is 14.1. The van der Waals surface area contributed by atoms with E-state index in [2.05, 4.69) is 5.32 Å². The summed E-state index contributed by atoms with van der Waals surface area (Å²) >= 11 is 0. The molecule has 1 N–H and O–H groups in total. The minimum Gasteiger partial charge on any atom is -0.497 e. The van der Waals surface area contributed by atoms with Gasteiger partial charge in [-0.2, -0.15) is 0 Å². The summed E-state index contributed by atoms with van der Waals surface area (Å²) in [7, 11) is 1.63. The van der Waals surface area contributed by atoms with Crippen LogP contribution in [-0.4, -0.2) is 43.3 Å². The van der Waals surface area contributed by atoms with Gasteiger partial charge in [0.05, 0.1) is 18.7 Å². The predicted molar refractivity (Wildman–Crippen MR) is 108 cm³/mol. The molecule has 4 rings (SSSR count). The zero-order chi connectivity index (χ0) is 20.3. The molecule has 5 nitrogen and oxygen atoms in total. The molecule has 1 spiro atoms. The van der Waals surface area contributed by atoms with Crippen LogP contribution >= 0.6 is 0 Å². The molecule has 2 aromatic carbocycles. The Labute approximate surface area is 170 Å². The maximum Gasteiger partial charge on any atom is 0.318 e. The monoisotopic (exact) mass is 398 g/mol. The summed E-state index contributed by atoms with van der Waals surface area (Å²) in [6, 6.07) is 13.9. The number of methoxy groups -OCH3 is 1. The molecular formula is C23H27FN2O3. The van der Waals surface area contributed by atoms with Crippen molar-refractivity contribution in [2.24, 2.45) is 0 Å². The molecular weight excluding hydrogens is 371 g/mol. The topological polar surface area (TPSA) is 50.8 Å². The Kier molecular flexibility index (Phi) is 5.72. The average molecular weight is 398 g/mol. The fraction of sp³-hybridized carbons (Fsp3) is 0.435. The van der Waals surface area contributed by atoms with E-state index in [4.69, 9.17) is 9.47 Å². The van der Waals surface area contributed by atoms with Gasteiger partial charge in [0.15, 0.2) is 0 Å². The molecule has 1 atom stereocenters. The Balaban J connectivity index is 1.52. The van der Waals surface area contributed by atoms with Crippen LogP contribution in [0.3, 0.4) is 0 Å². The minimum atomic E-state index is -0.263. The highest BCUT2D eigenvalue weighted by atomic mass is 19.1. The number of halogens is 1. The summed E-state index contributed by atoms with van der Waals surface area (Å²) in [6.07, 6.45) is 3.41. The fourth-order valence-corrected chi connectivity index (χ4v) is 4.30. The molecule has 2 aromatic rings. The number of nitrogens with zero attached hydrogens (tertiary/aromatic N) is 1. The van der Waals surface area contributed by atoms with Crippen molar-refractivity contribution in [2.45, 2.75) is 37.3 Å². The zero-order valence-electron chi connectivity index (χ0n) is 16.7. The second-order valence-corrected chi connectivity index (χ2v) is 7.84. The van der Waals surface area contributed by atoms with Crippen molar-refractivity contribution in [2.75, 3.05) is 26.9 Å². The predicted octanol–water partition coefficient (Wildman–Crippen LogP) is 4.08. The molecule has 2 aliphatic rings. The normalized spacial score (nSPS) is 18.8. The second-order valence-electron chi connectivity index (χ2n) is 7.84. The number of benzene rings is 2. The Morgan fingerprint density at radius 3 is 2.41 bits per heavy atom. The van der Waals surface area contributed by atoms with Crippen LogP contribution in [0, 0.1) is 5.82 Å². The average Bonchev–Trinajstić information content (AvgIpc) is 2.74. The Bertz CT molecular complexity index is 832. The van der Waals surface area contributed by atoms with Crippen LogP contribution in [0.1, 0.15) is 36.4 Å². The molecule has 154 valence electrons. The fourth-order valence-electron chi connectivity index (χ4n) is 4.30. The Morgan fingerprint density at radius 2 is 1.83 bits per heavy atom. The number of hydrogen-bond acceptors (Lipinski definition) is 3. The van der Waals surface area contributed by atoms with Crippen LogP contribution in [0.25, 0.3) is 0 Å². The largest absolute Gasteiger partial charge is 0.497 e. The van der Waals surface area contributed by atoms with E-state index in [-0.39, 0.29) is 23.4 Å². The van der Waals surface area contributed by atoms with Gasteiger partial charge in [-0.05, 0) is 61.1 Å². The van der Waals surface area contributed by atoms with E-state index in [1.165, 1.54) is 12.1 Å². The highest BCUT2D eigenvalue weighted by molar-refractivity contribution is 5.77.